The van der Waals surface area contributed by atoms with E-state index in [0.717, 1.165) is 4.90 Å². The Kier molecular flexibility index (Phi) is 5.94. The van der Waals surface area contributed by atoms with Gasteiger partial charge in [0.25, 0.3) is 0 Å². The Morgan fingerprint density at radius 1 is 1.18 bits per heavy atom. The monoisotopic (exact) mass is 255 g/mol. The summed E-state index contributed by atoms with van der Waals surface area (Å²) in [5.41, 5.74) is 5.10. The quantitative estimate of drug-likeness (QED) is 0.740. The number of hydrogen-bond donors (Lipinski definition) is 1. The van der Waals surface area contributed by atoms with E-state index in [1.165, 1.54) is 14.1 Å². The van der Waals surface area contributed by atoms with Crippen molar-refractivity contribution >= 4 is 11.8 Å². The largest absolute Gasteiger partial charge is 0.406 e. The Bertz CT molecular complexity index is 279. The van der Waals surface area contributed by atoms with Crippen molar-refractivity contribution in [1.29, 1.82) is 0 Å². The first-order valence-corrected chi connectivity index (χ1v) is 4.92. The maximum absolute atomic E-state index is 12.2. The van der Waals surface area contributed by atoms with Gasteiger partial charge in [-0.15, -0.1) is 0 Å². The predicted molar refractivity (Wildman–Crippen MR) is 55.0 cm³/mol. The van der Waals surface area contributed by atoms with E-state index in [1.54, 1.807) is 0 Å². The van der Waals surface area contributed by atoms with Crippen LogP contribution in [0.15, 0.2) is 0 Å². The summed E-state index contributed by atoms with van der Waals surface area (Å²) in [6.45, 7) is -2.08. The first kappa shape index (κ1) is 15.7. The Balaban J connectivity index is 4.62. The number of alkyl halides is 3. The summed E-state index contributed by atoms with van der Waals surface area (Å²) in [6, 6.07) is 0. The van der Waals surface area contributed by atoms with Crippen LogP contribution < -0.4 is 5.73 Å². The SMILES string of the molecule is CN(C)C(=O)CN(CC(F)(F)F)C(=O)CCN. The van der Waals surface area contributed by atoms with Crippen LogP contribution in [0.25, 0.3) is 0 Å². The maximum atomic E-state index is 12.2. The minimum absolute atomic E-state index is 0.0522. The summed E-state index contributed by atoms with van der Waals surface area (Å²) >= 11 is 0. The number of carbonyl (C=O) groups excluding carboxylic acids is 2. The highest BCUT2D eigenvalue weighted by Crippen LogP contribution is 2.16. The zero-order valence-corrected chi connectivity index (χ0v) is 9.75. The fourth-order valence-corrected chi connectivity index (χ4v) is 1.03. The Morgan fingerprint density at radius 2 is 1.71 bits per heavy atom. The third kappa shape index (κ3) is 6.77. The molecule has 0 bridgehead atoms. The molecule has 0 aliphatic heterocycles. The number of nitrogens with two attached hydrogens (primary N) is 1. The summed E-state index contributed by atoms with van der Waals surface area (Å²) in [5.74, 6) is -1.35. The smallest absolute Gasteiger partial charge is 0.347 e. The van der Waals surface area contributed by atoms with E-state index < -0.39 is 31.1 Å². The molecule has 2 N–H and O–H groups in total. The van der Waals surface area contributed by atoms with Gasteiger partial charge in [0.2, 0.25) is 11.8 Å². The van der Waals surface area contributed by atoms with Crippen molar-refractivity contribution in [2.24, 2.45) is 5.73 Å². The molecule has 2 amide bonds. The van der Waals surface area contributed by atoms with E-state index in [-0.39, 0.29) is 13.0 Å². The second kappa shape index (κ2) is 6.43. The summed E-state index contributed by atoms with van der Waals surface area (Å²) in [4.78, 5) is 24.2. The molecule has 0 aromatic heterocycles. The van der Waals surface area contributed by atoms with Crippen molar-refractivity contribution < 1.29 is 22.8 Å². The van der Waals surface area contributed by atoms with Gasteiger partial charge in [-0.1, -0.05) is 0 Å². The highest BCUT2D eigenvalue weighted by molar-refractivity contribution is 5.84. The molecule has 0 spiro atoms. The van der Waals surface area contributed by atoms with E-state index in [4.69, 9.17) is 5.73 Å². The first-order chi connectivity index (χ1) is 7.67. The first-order valence-electron chi connectivity index (χ1n) is 4.92. The van der Waals surface area contributed by atoms with Crippen LogP contribution in [0.2, 0.25) is 0 Å². The number of rotatable bonds is 5. The number of halogens is 3. The molecule has 0 unspecified atom stereocenters. The minimum atomic E-state index is -4.53. The molecular formula is C9H16F3N3O2. The number of amides is 2. The molecule has 0 fully saturated rings. The Hall–Kier alpha value is -1.31. The van der Waals surface area contributed by atoms with Gasteiger partial charge in [0.15, 0.2) is 0 Å². The molecule has 0 aromatic rings. The van der Waals surface area contributed by atoms with Crippen LogP contribution in [-0.4, -0.2) is 61.5 Å². The van der Waals surface area contributed by atoms with Gasteiger partial charge in [0.05, 0.1) is 0 Å². The average Bonchev–Trinajstić information content (AvgIpc) is 2.14. The molecule has 0 aliphatic carbocycles. The maximum Gasteiger partial charge on any atom is 0.406 e. The number of carbonyl (C=O) groups is 2. The minimum Gasteiger partial charge on any atom is -0.347 e. The second-order valence-corrected chi connectivity index (χ2v) is 3.69. The van der Waals surface area contributed by atoms with Crippen LogP contribution in [0.1, 0.15) is 6.42 Å². The molecule has 0 heterocycles. The van der Waals surface area contributed by atoms with E-state index >= 15 is 0 Å². The molecule has 0 saturated heterocycles. The van der Waals surface area contributed by atoms with Gasteiger partial charge in [0.1, 0.15) is 13.1 Å². The standard InChI is InChI=1S/C9H16F3N3O2/c1-14(2)8(17)5-15(6-9(10,11)12)7(16)3-4-13/h3-6,13H2,1-2H3. The predicted octanol–water partition coefficient (Wildman–Crippen LogP) is -0.186. The zero-order chi connectivity index (χ0) is 13.6. The third-order valence-corrected chi connectivity index (χ3v) is 1.91. The lowest BCUT2D eigenvalue weighted by atomic mass is 10.3. The van der Waals surface area contributed by atoms with Gasteiger partial charge in [-0.3, -0.25) is 9.59 Å². The molecule has 5 nitrogen and oxygen atoms in total. The Morgan fingerprint density at radius 3 is 2.06 bits per heavy atom. The van der Waals surface area contributed by atoms with Crippen molar-refractivity contribution in [2.75, 3.05) is 33.7 Å². The third-order valence-electron chi connectivity index (χ3n) is 1.91. The summed E-state index contributed by atoms with van der Waals surface area (Å²) < 4.78 is 36.6. The van der Waals surface area contributed by atoms with Crippen molar-refractivity contribution in [3.8, 4) is 0 Å². The van der Waals surface area contributed by atoms with Gasteiger partial charge < -0.3 is 15.5 Å². The van der Waals surface area contributed by atoms with Crippen LogP contribution in [0, 0.1) is 0 Å². The van der Waals surface area contributed by atoms with Crippen molar-refractivity contribution in [2.45, 2.75) is 12.6 Å². The summed E-state index contributed by atoms with van der Waals surface area (Å²) in [7, 11) is 2.81. The molecule has 17 heavy (non-hydrogen) atoms. The fraction of sp³-hybridized carbons (Fsp3) is 0.778. The van der Waals surface area contributed by atoms with E-state index in [2.05, 4.69) is 0 Å². The summed E-state index contributed by atoms with van der Waals surface area (Å²) in [5, 5.41) is 0. The van der Waals surface area contributed by atoms with Gasteiger partial charge >= 0.3 is 6.18 Å². The van der Waals surface area contributed by atoms with Crippen LogP contribution in [0.4, 0.5) is 13.2 Å². The number of likely N-dealkylation sites (N-methyl/N-ethyl adjacent to an activating group) is 1. The lowest BCUT2D eigenvalue weighted by Gasteiger charge is -2.24. The number of hydrogen-bond acceptors (Lipinski definition) is 3. The van der Waals surface area contributed by atoms with Gasteiger partial charge in [-0.2, -0.15) is 13.2 Å². The molecule has 0 rings (SSSR count). The zero-order valence-electron chi connectivity index (χ0n) is 9.75. The molecule has 8 heteroatoms. The normalized spacial score (nSPS) is 11.2. The van der Waals surface area contributed by atoms with E-state index in [1.807, 2.05) is 0 Å². The molecule has 0 aliphatic rings. The molecule has 100 valence electrons. The number of nitrogens with zero attached hydrogens (tertiary/aromatic N) is 2. The Labute approximate surface area is 97.3 Å². The topological polar surface area (TPSA) is 66.6 Å². The van der Waals surface area contributed by atoms with E-state index in [0.29, 0.717) is 4.90 Å². The van der Waals surface area contributed by atoms with Crippen molar-refractivity contribution in [1.82, 2.24) is 9.80 Å². The van der Waals surface area contributed by atoms with Gasteiger partial charge in [-0.25, -0.2) is 0 Å². The lowest BCUT2D eigenvalue weighted by Crippen LogP contribution is -2.45. The van der Waals surface area contributed by atoms with Crippen molar-refractivity contribution in [3.63, 3.8) is 0 Å². The van der Waals surface area contributed by atoms with Crippen LogP contribution in [-0.2, 0) is 9.59 Å². The highest BCUT2D eigenvalue weighted by atomic mass is 19.4. The molecule has 0 saturated carbocycles. The van der Waals surface area contributed by atoms with Crippen LogP contribution in [0.3, 0.4) is 0 Å². The van der Waals surface area contributed by atoms with Gasteiger partial charge in [-0.05, 0) is 0 Å². The summed E-state index contributed by atoms with van der Waals surface area (Å²) in [6.07, 6.45) is -4.74. The molecule has 0 aromatic carbocycles. The molecule has 0 radical (unpaired) electrons. The average molecular weight is 255 g/mol. The fourth-order valence-electron chi connectivity index (χ4n) is 1.03. The molecular weight excluding hydrogens is 239 g/mol. The van der Waals surface area contributed by atoms with Crippen LogP contribution >= 0.6 is 0 Å². The molecule has 0 atom stereocenters. The lowest BCUT2D eigenvalue weighted by molar-refractivity contribution is -0.163. The second-order valence-electron chi connectivity index (χ2n) is 3.69. The van der Waals surface area contributed by atoms with Crippen LogP contribution in [0.5, 0.6) is 0 Å². The highest BCUT2D eigenvalue weighted by Gasteiger charge is 2.33. The van der Waals surface area contributed by atoms with Gasteiger partial charge in [0, 0.05) is 27.1 Å². The van der Waals surface area contributed by atoms with E-state index in [9.17, 15) is 22.8 Å². The van der Waals surface area contributed by atoms with Crippen molar-refractivity contribution in [3.05, 3.63) is 0 Å².